The topological polar surface area (TPSA) is 58.4 Å². The molecule has 0 spiro atoms. The Kier molecular flexibility index (Phi) is 5.27. The summed E-state index contributed by atoms with van der Waals surface area (Å²) in [5, 5.41) is 3.78. The number of amides is 2. The zero-order valence-corrected chi connectivity index (χ0v) is 15.3. The molecule has 1 aliphatic heterocycles. The quantitative estimate of drug-likeness (QED) is 0.885. The van der Waals surface area contributed by atoms with Gasteiger partial charge in [0.05, 0.1) is 0 Å². The number of nitrogens with zero attached hydrogens (tertiary/aromatic N) is 1. The molecular formula is C18H28ClN3O. The summed E-state index contributed by atoms with van der Waals surface area (Å²) in [6, 6.07) is 7.83. The van der Waals surface area contributed by atoms with Crippen molar-refractivity contribution in [3.05, 3.63) is 34.9 Å². The lowest BCUT2D eigenvalue weighted by Crippen LogP contribution is -2.67. The summed E-state index contributed by atoms with van der Waals surface area (Å²) in [5.41, 5.74) is 6.71. The smallest absolute Gasteiger partial charge is 0.318 e. The van der Waals surface area contributed by atoms with Crippen LogP contribution in [0.15, 0.2) is 24.3 Å². The highest BCUT2D eigenvalue weighted by Gasteiger charge is 2.46. The molecule has 1 aromatic rings. The summed E-state index contributed by atoms with van der Waals surface area (Å²) < 4.78 is 0. The molecule has 0 atom stereocenters. The van der Waals surface area contributed by atoms with E-state index in [1.807, 2.05) is 29.2 Å². The van der Waals surface area contributed by atoms with Gasteiger partial charge in [0.25, 0.3) is 0 Å². The van der Waals surface area contributed by atoms with Crippen LogP contribution in [0.1, 0.15) is 46.1 Å². The number of hydrogen-bond acceptors (Lipinski definition) is 2. The second-order valence-corrected chi connectivity index (χ2v) is 8.11. The first-order chi connectivity index (χ1) is 10.6. The van der Waals surface area contributed by atoms with Gasteiger partial charge in [0.2, 0.25) is 0 Å². The fourth-order valence-electron chi connectivity index (χ4n) is 3.99. The van der Waals surface area contributed by atoms with Gasteiger partial charge in [-0.1, -0.05) is 29.8 Å². The van der Waals surface area contributed by atoms with E-state index in [1.165, 1.54) is 0 Å². The minimum absolute atomic E-state index is 0.0287. The normalized spacial score (nSPS) is 20.3. The van der Waals surface area contributed by atoms with E-state index < -0.39 is 0 Å². The molecular weight excluding hydrogens is 310 g/mol. The molecule has 0 aliphatic carbocycles. The van der Waals surface area contributed by atoms with Gasteiger partial charge < -0.3 is 16.0 Å². The van der Waals surface area contributed by atoms with E-state index >= 15 is 0 Å². The number of carbonyl (C=O) groups excluding carboxylic acids is 1. The minimum atomic E-state index is -0.254. The molecule has 0 unspecified atom stereocenters. The van der Waals surface area contributed by atoms with E-state index in [0.717, 1.165) is 29.8 Å². The van der Waals surface area contributed by atoms with Crippen LogP contribution < -0.4 is 11.1 Å². The summed E-state index contributed by atoms with van der Waals surface area (Å²) in [7, 11) is 0. The number of rotatable bonds is 3. The molecule has 2 amide bonds. The van der Waals surface area contributed by atoms with Crippen molar-refractivity contribution in [1.29, 1.82) is 0 Å². The SMILES string of the molecule is CC1(C)CC(N)CC(C)(C)N1C(=O)NCCc1ccccc1Cl. The van der Waals surface area contributed by atoms with Crippen molar-refractivity contribution in [3.8, 4) is 0 Å². The molecule has 3 N–H and O–H groups in total. The molecule has 0 radical (unpaired) electrons. The van der Waals surface area contributed by atoms with Crippen LogP contribution in [-0.2, 0) is 6.42 Å². The first-order valence-corrected chi connectivity index (χ1v) is 8.58. The van der Waals surface area contributed by atoms with Crippen molar-refractivity contribution in [3.63, 3.8) is 0 Å². The summed E-state index contributed by atoms with van der Waals surface area (Å²) in [6.45, 7) is 8.91. The van der Waals surface area contributed by atoms with Crippen LogP contribution in [0.25, 0.3) is 0 Å². The Hall–Kier alpha value is -1.26. The average molecular weight is 338 g/mol. The number of urea groups is 1. The van der Waals surface area contributed by atoms with Gasteiger partial charge in [0, 0.05) is 28.7 Å². The Balaban J connectivity index is 2.00. The Bertz CT molecular complexity index is 553. The third-order valence-corrected chi connectivity index (χ3v) is 4.93. The average Bonchev–Trinajstić information content (AvgIpc) is 2.37. The first kappa shape index (κ1) is 18.1. The van der Waals surface area contributed by atoms with Gasteiger partial charge in [0.1, 0.15) is 0 Å². The number of piperidine rings is 1. The lowest BCUT2D eigenvalue weighted by Gasteiger charge is -2.54. The fraction of sp³-hybridized carbons (Fsp3) is 0.611. The van der Waals surface area contributed by atoms with Crippen molar-refractivity contribution in [1.82, 2.24) is 10.2 Å². The van der Waals surface area contributed by atoms with Crippen molar-refractivity contribution < 1.29 is 4.79 Å². The standard InChI is InChI=1S/C18H28ClN3O/c1-17(2)11-14(20)12-18(3,4)22(17)16(23)21-10-9-13-7-5-6-8-15(13)19/h5-8,14H,9-12,20H2,1-4H3,(H,21,23). The van der Waals surface area contributed by atoms with Gasteiger partial charge in [-0.25, -0.2) is 4.79 Å². The number of likely N-dealkylation sites (tertiary alicyclic amines) is 1. The van der Waals surface area contributed by atoms with Gasteiger partial charge in [-0.2, -0.15) is 0 Å². The van der Waals surface area contributed by atoms with Crippen LogP contribution in [0.4, 0.5) is 4.79 Å². The van der Waals surface area contributed by atoms with Crippen LogP contribution in [0.3, 0.4) is 0 Å². The number of halogens is 1. The Morgan fingerprint density at radius 1 is 1.26 bits per heavy atom. The molecule has 0 aromatic heterocycles. The predicted molar refractivity (Wildman–Crippen MR) is 95.8 cm³/mol. The van der Waals surface area contributed by atoms with E-state index in [9.17, 15) is 4.79 Å². The zero-order chi connectivity index (χ0) is 17.3. The van der Waals surface area contributed by atoms with Crippen molar-refractivity contribution in [2.45, 2.75) is 64.1 Å². The maximum absolute atomic E-state index is 12.8. The van der Waals surface area contributed by atoms with Crippen LogP contribution >= 0.6 is 11.6 Å². The third kappa shape index (κ3) is 4.18. The number of nitrogens with two attached hydrogens (primary N) is 1. The summed E-state index contributed by atoms with van der Waals surface area (Å²) >= 11 is 6.16. The molecule has 128 valence electrons. The number of hydrogen-bond donors (Lipinski definition) is 2. The third-order valence-electron chi connectivity index (χ3n) is 4.57. The molecule has 5 heteroatoms. The molecule has 1 aromatic carbocycles. The predicted octanol–water partition coefficient (Wildman–Crippen LogP) is 3.57. The second-order valence-electron chi connectivity index (χ2n) is 7.70. The molecule has 1 fully saturated rings. The Morgan fingerprint density at radius 2 is 1.83 bits per heavy atom. The number of carbonyl (C=O) groups is 1. The molecule has 1 saturated heterocycles. The van der Waals surface area contributed by atoms with Gasteiger partial charge in [-0.15, -0.1) is 0 Å². The van der Waals surface area contributed by atoms with Gasteiger partial charge in [-0.05, 0) is 58.6 Å². The lowest BCUT2D eigenvalue weighted by atomic mass is 9.77. The van der Waals surface area contributed by atoms with Crippen molar-refractivity contribution >= 4 is 17.6 Å². The lowest BCUT2D eigenvalue weighted by molar-refractivity contribution is 0.00325. The number of benzene rings is 1. The maximum atomic E-state index is 12.8. The van der Waals surface area contributed by atoms with Crippen LogP contribution in [0.2, 0.25) is 5.02 Å². The second kappa shape index (κ2) is 6.70. The van der Waals surface area contributed by atoms with E-state index in [4.69, 9.17) is 17.3 Å². The zero-order valence-electron chi connectivity index (χ0n) is 14.5. The molecule has 0 saturated carbocycles. The van der Waals surface area contributed by atoms with E-state index in [1.54, 1.807) is 0 Å². The van der Waals surface area contributed by atoms with Crippen LogP contribution in [0.5, 0.6) is 0 Å². The van der Waals surface area contributed by atoms with Gasteiger partial charge in [0.15, 0.2) is 0 Å². The highest BCUT2D eigenvalue weighted by atomic mass is 35.5. The molecule has 0 bridgehead atoms. The highest BCUT2D eigenvalue weighted by molar-refractivity contribution is 6.31. The first-order valence-electron chi connectivity index (χ1n) is 8.21. The Morgan fingerprint density at radius 3 is 2.39 bits per heavy atom. The van der Waals surface area contributed by atoms with Gasteiger partial charge in [-0.3, -0.25) is 0 Å². The van der Waals surface area contributed by atoms with Crippen molar-refractivity contribution in [2.24, 2.45) is 5.73 Å². The number of nitrogens with one attached hydrogen (secondary N) is 1. The molecule has 1 aliphatic rings. The summed E-state index contributed by atoms with van der Waals surface area (Å²) in [6.07, 6.45) is 2.35. The maximum Gasteiger partial charge on any atom is 0.318 e. The Labute approximate surface area is 144 Å². The molecule has 1 heterocycles. The minimum Gasteiger partial charge on any atom is -0.338 e. The molecule has 2 rings (SSSR count). The largest absolute Gasteiger partial charge is 0.338 e. The highest BCUT2D eigenvalue weighted by Crippen LogP contribution is 2.37. The van der Waals surface area contributed by atoms with Crippen LogP contribution in [0, 0.1) is 0 Å². The van der Waals surface area contributed by atoms with E-state index in [-0.39, 0.29) is 23.2 Å². The molecule has 4 nitrogen and oxygen atoms in total. The summed E-state index contributed by atoms with van der Waals surface area (Å²) in [4.78, 5) is 14.7. The van der Waals surface area contributed by atoms with E-state index in [2.05, 4.69) is 33.0 Å². The van der Waals surface area contributed by atoms with Gasteiger partial charge >= 0.3 is 6.03 Å². The monoisotopic (exact) mass is 337 g/mol. The van der Waals surface area contributed by atoms with E-state index in [0.29, 0.717) is 6.54 Å². The van der Waals surface area contributed by atoms with Crippen molar-refractivity contribution in [2.75, 3.05) is 6.54 Å². The molecule has 23 heavy (non-hydrogen) atoms. The van der Waals surface area contributed by atoms with Crippen LogP contribution in [-0.4, -0.2) is 34.6 Å². The fourth-order valence-corrected chi connectivity index (χ4v) is 4.22. The summed E-state index contributed by atoms with van der Waals surface area (Å²) in [5.74, 6) is 0.